The highest BCUT2D eigenvalue weighted by atomic mass is 16.3. The quantitative estimate of drug-likeness (QED) is 0.707. The number of likely N-dealkylation sites (N-methyl/N-ethyl adjacent to an activating group) is 1. The standard InChI is InChI=1S/C13H21N3O3/c1-8-12(18)11(10(7-17)5-14-8)6-15-9(2)13(19)16(3)4/h5,9,15,17-18H,6-7H2,1-4H3. The van der Waals surface area contributed by atoms with Crippen LogP contribution in [0.15, 0.2) is 6.20 Å². The zero-order valence-corrected chi connectivity index (χ0v) is 11.8. The number of aliphatic hydroxyl groups excluding tert-OH is 1. The van der Waals surface area contributed by atoms with Gasteiger partial charge in [-0.05, 0) is 13.8 Å². The Hall–Kier alpha value is -1.66. The van der Waals surface area contributed by atoms with Crippen LogP contribution < -0.4 is 5.32 Å². The Kier molecular flexibility index (Phi) is 5.26. The van der Waals surface area contributed by atoms with Crippen molar-refractivity contribution < 1.29 is 15.0 Å². The molecule has 0 spiro atoms. The minimum Gasteiger partial charge on any atom is -0.506 e. The smallest absolute Gasteiger partial charge is 0.238 e. The molecule has 6 heteroatoms. The van der Waals surface area contributed by atoms with E-state index in [4.69, 9.17) is 0 Å². The van der Waals surface area contributed by atoms with E-state index in [1.54, 1.807) is 27.9 Å². The number of nitrogens with zero attached hydrogens (tertiary/aromatic N) is 2. The summed E-state index contributed by atoms with van der Waals surface area (Å²) in [6.07, 6.45) is 1.53. The molecule has 1 amide bonds. The number of carbonyl (C=O) groups is 1. The van der Waals surface area contributed by atoms with Gasteiger partial charge in [-0.15, -0.1) is 0 Å². The lowest BCUT2D eigenvalue weighted by Crippen LogP contribution is -2.41. The summed E-state index contributed by atoms with van der Waals surface area (Å²) in [7, 11) is 3.38. The zero-order valence-electron chi connectivity index (χ0n) is 11.8. The number of amides is 1. The number of aromatic nitrogens is 1. The molecule has 1 atom stereocenters. The van der Waals surface area contributed by atoms with Crippen LogP contribution >= 0.6 is 0 Å². The fourth-order valence-corrected chi connectivity index (χ4v) is 1.75. The van der Waals surface area contributed by atoms with E-state index >= 15 is 0 Å². The molecule has 0 fully saturated rings. The largest absolute Gasteiger partial charge is 0.506 e. The van der Waals surface area contributed by atoms with Gasteiger partial charge >= 0.3 is 0 Å². The van der Waals surface area contributed by atoms with E-state index in [2.05, 4.69) is 10.3 Å². The zero-order chi connectivity index (χ0) is 14.6. The molecule has 0 saturated heterocycles. The van der Waals surface area contributed by atoms with Crippen molar-refractivity contribution in [2.45, 2.75) is 33.0 Å². The minimum absolute atomic E-state index is 0.0455. The fraction of sp³-hybridized carbons (Fsp3) is 0.538. The summed E-state index contributed by atoms with van der Waals surface area (Å²) in [6, 6.07) is -0.366. The highest BCUT2D eigenvalue weighted by molar-refractivity contribution is 5.80. The number of aromatic hydroxyl groups is 1. The van der Waals surface area contributed by atoms with E-state index in [0.717, 1.165) is 0 Å². The highest BCUT2D eigenvalue weighted by Crippen LogP contribution is 2.23. The molecule has 106 valence electrons. The van der Waals surface area contributed by atoms with Crippen LogP contribution in [0.3, 0.4) is 0 Å². The summed E-state index contributed by atoms with van der Waals surface area (Å²) >= 11 is 0. The van der Waals surface area contributed by atoms with Crippen molar-refractivity contribution in [3.05, 3.63) is 23.0 Å². The van der Waals surface area contributed by atoms with Gasteiger partial charge in [-0.2, -0.15) is 0 Å². The van der Waals surface area contributed by atoms with Gasteiger partial charge in [0, 0.05) is 38.0 Å². The first-order valence-electron chi connectivity index (χ1n) is 6.10. The van der Waals surface area contributed by atoms with Crippen LogP contribution in [0.25, 0.3) is 0 Å². The van der Waals surface area contributed by atoms with Gasteiger partial charge in [0.25, 0.3) is 0 Å². The Balaban J connectivity index is 2.83. The van der Waals surface area contributed by atoms with Crippen LogP contribution in [0.4, 0.5) is 0 Å². The van der Waals surface area contributed by atoms with E-state index in [1.807, 2.05) is 0 Å². The lowest BCUT2D eigenvalue weighted by atomic mass is 10.1. The van der Waals surface area contributed by atoms with Gasteiger partial charge in [0.15, 0.2) is 0 Å². The number of pyridine rings is 1. The number of rotatable bonds is 5. The van der Waals surface area contributed by atoms with Crippen LogP contribution in [-0.4, -0.2) is 46.1 Å². The van der Waals surface area contributed by atoms with Crippen molar-refractivity contribution in [1.82, 2.24) is 15.2 Å². The van der Waals surface area contributed by atoms with Gasteiger partial charge in [-0.3, -0.25) is 9.78 Å². The number of aryl methyl sites for hydroxylation is 1. The molecule has 19 heavy (non-hydrogen) atoms. The Morgan fingerprint density at radius 3 is 2.68 bits per heavy atom. The second-order valence-corrected chi connectivity index (χ2v) is 4.69. The number of hydrogen-bond donors (Lipinski definition) is 3. The summed E-state index contributed by atoms with van der Waals surface area (Å²) in [5, 5.41) is 22.2. The molecule has 0 aromatic carbocycles. The van der Waals surface area contributed by atoms with Gasteiger partial charge in [0.05, 0.1) is 18.3 Å². The average molecular weight is 267 g/mol. The molecule has 1 aromatic heterocycles. The predicted molar refractivity (Wildman–Crippen MR) is 71.6 cm³/mol. The molecule has 0 aliphatic carbocycles. The van der Waals surface area contributed by atoms with Crippen LogP contribution in [0, 0.1) is 6.92 Å². The molecule has 1 rings (SSSR count). The van der Waals surface area contributed by atoms with E-state index in [9.17, 15) is 15.0 Å². The number of nitrogens with one attached hydrogen (secondary N) is 1. The molecule has 0 aliphatic heterocycles. The molecule has 0 bridgehead atoms. The number of hydrogen-bond acceptors (Lipinski definition) is 5. The lowest BCUT2D eigenvalue weighted by Gasteiger charge is -2.19. The van der Waals surface area contributed by atoms with Crippen molar-refractivity contribution in [3.8, 4) is 5.75 Å². The van der Waals surface area contributed by atoms with Crippen molar-refractivity contribution in [1.29, 1.82) is 0 Å². The monoisotopic (exact) mass is 267 g/mol. The van der Waals surface area contributed by atoms with Crippen molar-refractivity contribution in [2.75, 3.05) is 14.1 Å². The second kappa shape index (κ2) is 6.49. The number of aliphatic hydroxyl groups is 1. The first kappa shape index (κ1) is 15.4. The van der Waals surface area contributed by atoms with Gasteiger partial charge in [0.2, 0.25) is 5.91 Å². The molecule has 6 nitrogen and oxygen atoms in total. The van der Waals surface area contributed by atoms with Crippen LogP contribution in [-0.2, 0) is 17.9 Å². The first-order valence-corrected chi connectivity index (χ1v) is 6.10. The molecule has 0 radical (unpaired) electrons. The Morgan fingerprint density at radius 1 is 1.53 bits per heavy atom. The van der Waals surface area contributed by atoms with Gasteiger partial charge in [-0.25, -0.2) is 0 Å². The summed E-state index contributed by atoms with van der Waals surface area (Å²) in [5.41, 5.74) is 1.63. The van der Waals surface area contributed by atoms with Gasteiger partial charge in [0.1, 0.15) is 5.75 Å². The highest BCUT2D eigenvalue weighted by Gasteiger charge is 2.17. The summed E-state index contributed by atoms with van der Waals surface area (Å²) in [4.78, 5) is 17.2. The predicted octanol–water partition coefficient (Wildman–Crippen LogP) is 0.154. The van der Waals surface area contributed by atoms with Crippen molar-refractivity contribution in [2.24, 2.45) is 0 Å². The SMILES string of the molecule is Cc1ncc(CO)c(CNC(C)C(=O)N(C)C)c1O. The maximum absolute atomic E-state index is 11.7. The lowest BCUT2D eigenvalue weighted by molar-refractivity contribution is -0.130. The molecule has 3 N–H and O–H groups in total. The van der Waals surface area contributed by atoms with Gasteiger partial charge < -0.3 is 20.4 Å². The first-order chi connectivity index (χ1) is 8.88. The number of carbonyl (C=O) groups excluding carboxylic acids is 1. The molecule has 0 aliphatic rings. The molecular weight excluding hydrogens is 246 g/mol. The summed E-state index contributed by atoms with van der Waals surface area (Å²) < 4.78 is 0. The molecule has 1 unspecified atom stereocenters. The Morgan fingerprint density at radius 2 is 2.16 bits per heavy atom. The third-order valence-electron chi connectivity index (χ3n) is 3.00. The van der Waals surface area contributed by atoms with E-state index in [-0.39, 0.29) is 24.3 Å². The van der Waals surface area contributed by atoms with E-state index in [1.165, 1.54) is 11.1 Å². The van der Waals surface area contributed by atoms with Gasteiger partial charge in [-0.1, -0.05) is 0 Å². The fourth-order valence-electron chi connectivity index (χ4n) is 1.75. The van der Waals surface area contributed by atoms with Crippen LogP contribution in [0.1, 0.15) is 23.7 Å². The van der Waals surface area contributed by atoms with E-state index < -0.39 is 0 Å². The maximum atomic E-state index is 11.7. The normalized spacial score (nSPS) is 12.3. The molecule has 1 aromatic rings. The third kappa shape index (κ3) is 3.65. The molecule has 1 heterocycles. The molecule has 0 saturated carbocycles. The average Bonchev–Trinajstić information content (AvgIpc) is 2.38. The molecular formula is C13H21N3O3. The Bertz CT molecular complexity index is 461. The van der Waals surface area contributed by atoms with E-state index in [0.29, 0.717) is 23.4 Å². The van der Waals surface area contributed by atoms with Crippen molar-refractivity contribution >= 4 is 5.91 Å². The second-order valence-electron chi connectivity index (χ2n) is 4.69. The van der Waals surface area contributed by atoms with Crippen molar-refractivity contribution in [3.63, 3.8) is 0 Å². The van der Waals surface area contributed by atoms with Crippen LogP contribution in [0.2, 0.25) is 0 Å². The maximum Gasteiger partial charge on any atom is 0.238 e. The topological polar surface area (TPSA) is 85.7 Å². The third-order valence-corrected chi connectivity index (χ3v) is 3.00. The Labute approximate surface area is 113 Å². The summed E-state index contributed by atoms with van der Waals surface area (Å²) in [5.74, 6) is 0.0133. The minimum atomic E-state index is -0.366. The van der Waals surface area contributed by atoms with Crippen LogP contribution in [0.5, 0.6) is 5.75 Å². The summed E-state index contributed by atoms with van der Waals surface area (Å²) in [6.45, 7) is 3.54.